The second-order valence-electron chi connectivity index (χ2n) is 7.42. The van der Waals surface area contributed by atoms with Crippen molar-refractivity contribution in [3.8, 4) is 0 Å². The van der Waals surface area contributed by atoms with Crippen LogP contribution in [-0.2, 0) is 9.84 Å². The number of carbonyl (C=O) groups is 1. The van der Waals surface area contributed by atoms with Crippen molar-refractivity contribution in [2.24, 2.45) is 0 Å². The first-order valence-corrected chi connectivity index (χ1v) is 10.6. The Bertz CT molecular complexity index is 980. The first-order chi connectivity index (χ1) is 12.2. The molecule has 2 fully saturated rings. The van der Waals surface area contributed by atoms with Gasteiger partial charge in [0.05, 0.1) is 23.6 Å². The molecule has 0 saturated carbocycles. The van der Waals surface area contributed by atoms with Crippen LogP contribution in [0, 0.1) is 20.8 Å². The Balaban J connectivity index is 1.84. The van der Waals surface area contributed by atoms with Gasteiger partial charge in [0.1, 0.15) is 0 Å². The number of carbonyl (C=O) groups excluding carboxylic acids is 1. The molecule has 2 amide bonds. The van der Waals surface area contributed by atoms with Crippen molar-refractivity contribution in [3.05, 3.63) is 59.2 Å². The molecule has 4 rings (SSSR count). The molecule has 0 N–H and O–H groups in total. The fraction of sp³-hybridized carbons (Fsp3) is 0.350. The molecular formula is C20H22N2O3S. The molecule has 136 valence electrons. The van der Waals surface area contributed by atoms with E-state index in [2.05, 4.69) is 0 Å². The van der Waals surface area contributed by atoms with E-state index in [0.717, 1.165) is 28.1 Å². The Kier molecular flexibility index (Phi) is 3.84. The van der Waals surface area contributed by atoms with Crippen molar-refractivity contribution >= 4 is 27.2 Å². The number of sulfone groups is 1. The number of amides is 2. The van der Waals surface area contributed by atoms with Gasteiger partial charge in [-0.05, 0) is 61.7 Å². The monoisotopic (exact) mass is 370 g/mol. The Morgan fingerprint density at radius 1 is 0.808 bits per heavy atom. The van der Waals surface area contributed by atoms with Crippen LogP contribution in [0.1, 0.15) is 16.7 Å². The molecule has 0 bridgehead atoms. The van der Waals surface area contributed by atoms with E-state index in [0.29, 0.717) is 0 Å². The lowest BCUT2D eigenvalue weighted by molar-refractivity contribution is 0.255. The summed E-state index contributed by atoms with van der Waals surface area (Å²) in [6.07, 6.45) is 0. The van der Waals surface area contributed by atoms with Crippen LogP contribution in [0.4, 0.5) is 16.2 Å². The highest BCUT2D eigenvalue weighted by Crippen LogP contribution is 2.38. The van der Waals surface area contributed by atoms with E-state index < -0.39 is 9.84 Å². The lowest BCUT2D eigenvalue weighted by Gasteiger charge is -2.23. The number of anilines is 2. The number of rotatable bonds is 2. The van der Waals surface area contributed by atoms with Gasteiger partial charge in [-0.25, -0.2) is 13.2 Å². The molecule has 2 aliphatic heterocycles. The molecule has 0 radical (unpaired) electrons. The van der Waals surface area contributed by atoms with Crippen LogP contribution >= 0.6 is 0 Å². The lowest BCUT2D eigenvalue weighted by Crippen LogP contribution is -2.38. The third-order valence-corrected chi connectivity index (χ3v) is 6.83. The number of urea groups is 1. The zero-order chi connectivity index (χ0) is 18.6. The Labute approximate surface area is 154 Å². The lowest BCUT2D eigenvalue weighted by atomic mass is 10.1. The van der Waals surface area contributed by atoms with Gasteiger partial charge in [-0.15, -0.1) is 0 Å². The fourth-order valence-corrected chi connectivity index (χ4v) is 6.09. The summed E-state index contributed by atoms with van der Waals surface area (Å²) in [4.78, 5) is 16.7. The fourth-order valence-electron chi connectivity index (χ4n) is 4.17. The van der Waals surface area contributed by atoms with Gasteiger partial charge in [0, 0.05) is 11.4 Å². The summed E-state index contributed by atoms with van der Waals surface area (Å²) in [5.74, 6) is 0.0252. The van der Waals surface area contributed by atoms with Crippen LogP contribution in [0.25, 0.3) is 0 Å². The van der Waals surface area contributed by atoms with E-state index in [9.17, 15) is 13.2 Å². The highest BCUT2D eigenvalue weighted by molar-refractivity contribution is 7.91. The van der Waals surface area contributed by atoms with Crippen molar-refractivity contribution in [1.82, 2.24) is 0 Å². The highest BCUT2D eigenvalue weighted by Gasteiger charge is 2.54. The second-order valence-corrected chi connectivity index (χ2v) is 9.57. The maximum Gasteiger partial charge on any atom is 0.329 e. The zero-order valence-electron chi connectivity index (χ0n) is 15.1. The number of benzene rings is 2. The average molecular weight is 370 g/mol. The van der Waals surface area contributed by atoms with Gasteiger partial charge in [-0.1, -0.05) is 18.2 Å². The van der Waals surface area contributed by atoms with E-state index in [-0.39, 0.29) is 29.6 Å². The summed E-state index contributed by atoms with van der Waals surface area (Å²) in [5.41, 5.74) is 4.68. The number of hydrogen-bond donors (Lipinski definition) is 0. The maximum absolute atomic E-state index is 13.3. The normalized spacial score (nSPS) is 24.2. The molecule has 0 unspecified atom stereocenters. The molecule has 6 heteroatoms. The molecule has 2 aliphatic rings. The van der Waals surface area contributed by atoms with Gasteiger partial charge < -0.3 is 0 Å². The topological polar surface area (TPSA) is 57.7 Å². The van der Waals surface area contributed by atoms with Crippen molar-refractivity contribution in [1.29, 1.82) is 0 Å². The van der Waals surface area contributed by atoms with Gasteiger partial charge in [-0.2, -0.15) is 0 Å². The maximum atomic E-state index is 13.3. The molecule has 0 aromatic heterocycles. The predicted molar refractivity (Wildman–Crippen MR) is 104 cm³/mol. The largest absolute Gasteiger partial charge is 0.329 e. The van der Waals surface area contributed by atoms with E-state index in [4.69, 9.17) is 0 Å². The standard InChI is InChI=1S/C20H22N2O3S/c1-13-5-4-6-16(8-13)21-18-11-26(24,25)12-19(18)22(20(21)23)17-9-14(2)7-15(3)10-17/h4-10,18-19H,11-12H2,1-3H3/t18-,19-/m0/s1. The summed E-state index contributed by atoms with van der Waals surface area (Å²) >= 11 is 0. The van der Waals surface area contributed by atoms with Gasteiger partial charge >= 0.3 is 6.03 Å². The molecule has 2 saturated heterocycles. The Morgan fingerprint density at radius 2 is 1.35 bits per heavy atom. The molecule has 0 spiro atoms. The number of nitrogens with zero attached hydrogens (tertiary/aromatic N) is 2. The molecule has 2 aromatic rings. The van der Waals surface area contributed by atoms with Crippen molar-refractivity contribution < 1.29 is 13.2 Å². The van der Waals surface area contributed by atoms with Crippen molar-refractivity contribution in [2.45, 2.75) is 32.9 Å². The van der Waals surface area contributed by atoms with E-state index in [1.54, 1.807) is 9.80 Å². The van der Waals surface area contributed by atoms with Crippen LogP contribution in [0.15, 0.2) is 42.5 Å². The van der Waals surface area contributed by atoms with Gasteiger partial charge in [-0.3, -0.25) is 9.80 Å². The molecular weight excluding hydrogens is 348 g/mol. The quantitative estimate of drug-likeness (QED) is 0.763. The molecule has 26 heavy (non-hydrogen) atoms. The predicted octanol–water partition coefficient (Wildman–Crippen LogP) is 3.22. The SMILES string of the molecule is Cc1cccc(N2C(=O)N(c3cc(C)cc(C)c3)[C@H]3CS(=O)(=O)C[C@@H]32)c1. The first-order valence-electron chi connectivity index (χ1n) is 8.73. The number of hydrogen-bond acceptors (Lipinski definition) is 3. The third kappa shape index (κ3) is 2.78. The smallest absolute Gasteiger partial charge is 0.288 e. The number of fused-ring (bicyclic) bond motifs is 1. The van der Waals surface area contributed by atoms with Crippen LogP contribution in [-0.4, -0.2) is 38.0 Å². The summed E-state index contributed by atoms with van der Waals surface area (Å²) in [6, 6.07) is 12.8. The zero-order valence-corrected chi connectivity index (χ0v) is 16.0. The van der Waals surface area contributed by atoms with Crippen molar-refractivity contribution in [2.75, 3.05) is 21.3 Å². The van der Waals surface area contributed by atoms with E-state index in [1.165, 1.54) is 0 Å². The van der Waals surface area contributed by atoms with Crippen LogP contribution in [0.2, 0.25) is 0 Å². The molecule has 2 heterocycles. The van der Waals surface area contributed by atoms with E-state index in [1.807, 2.05) is 63.2 Å². The van der Waals surface area contributed by atoms with Crippen molar-refractivity contribution in [3.63, 3.8) is 0 Å². The van der Waals surface area contributed by atoms with Gasteiger partial charge in [0.15, 0.2) is 9.84 Å². The molecule has 2 atom stereocenters. The minimum atomic E-state index is -3.18. The van der Waals surface area contributed by atoms with Gasteiger partial charge in [0.25, 0.3) is 0 Å². The summed E-state index contributed by atoms with van der Waals surface area (Å²) < 4.78 is 24.7. The highest BCUT2D eigenvalue weighted by atomic mass is 32.2. The van der Waals surface area contributed by atoms with Crippen LogP contribution < -0.4 is 9.80 Å². The summed E-state index contributed by atoms with van der Waals surface area (Å²) in [7, 11) is -3.18. The summed E-state index contributed by atoms with van der Waals surface area (Å²) in [5, 5.41) is 0. The molecule has 2 aromatic carbocycles. The summed E-state index contributed by atoms with van der Waals surface area (Å²) in [6.45, 7) is 5.94. The second kappa shape index (κ2) is 5.84. The minimum absolute atomic E-state index is 0.0125. The van der Waals surface area contributed by atoms with Crippen LogP contribution in [0.3, 0.4) is 0 Å². The Hall–Kier alpha value is -2.34. The third-order valence-electron chi connectivity index (χ3n) is 5.13. The minimum Gasteiger partial charge on any atom is -0.288 e. The van der Waals surface area contributed by atoms with E-state index >= 15 is 0 Å². The average Bonchev–Trinajstić information content (AvgIpc) is 2.94. The van der Waals surface area contributed by atoms with Gasteiger partial charge in [0.2, 0.25) is 0 Å². The van der Waals surface area contributed by atoms with Crippen LogP contribution in [0.5, 0.6) is 0 Å². The number of aryl methyl sites for hydroxylation is 3. The first kappa shape index (κ1) is 17.1. The molecule has 0 aliphatic carbocycles. The molecule has 5 nitrogen and oxygen atoms in total. The Morgan fingerprint density at radius 3 is 1.92 bits per heavy atom.